The Kier molecular flexibility index (Phi) is 6.43. The van der Waals surface area contributed by atoms with Gasteiger partial charge in [-0.25, -0.2) is 0 Å². The Morgan fingerprint density at radius 1 is 1.12 bits per heavy atom. The van der Waals surface area contributed by atoms with Gasteiger partial charge < -0.3 is 15.1 Å². The molecule has 26 heavy (non-hydrogen) atoms. The van der Waals surface area contributed by atoms with E-state index in [1.165, 1.54) is 11.1 Å². The van der Waals surface area contributed by atoms with Gasteiger partial charge in [0, 0.05) is 31.5 Å². The van der Waals surface area contributed by atoms with Gasteiger partial charge in [-0.1, -0.05) is 12.1 Å². The Morgan fingerprint density at radius 3 is 2.54 bits per heavy atom. The minimum absolute atomic E-state index is 0.0788. The van der Waals surface area contributed by atoms with Gasteiger partial charge in [0.25, 0.3) is 0 Å². The number of carbonyl (C=O) groups excluding carboxylic acids is 2. The van der Waals surface area contributed by atoms with E-state index in [-0.39, 0.29) is 11.7 Å². The molecular weight excluding hydrogens is 326 g/mol. The third kappa shape index (κ3) is 4.71. The van der Waals surface area contributed by atoms with Crippen LogP contribution < -0.4 is 5.32 Å². The van der Waals surface area contributed by atoms with Gasteiger partial charge in [-0.05, 0) is 76.1 Å². The van der Waals surface area contributed by atoms with E-state index in [1.54, 1.807) is 0 Å². The number of benzene rings is 1. The largest absolute Gasteiger partial charge is 0.343 e. The van der Waals surface area contributed by atoms with E-state index in [1.807, 2.05) is 24.1 Å². The number of hydrogen-bond acceptors (Lipinski definition) is 4. The molecule has 5 heteroatoms. The molecule has 0 aromatic heterocycles. The molecule has 0 bridgehead atoms. The molecule has 1 amide bonds. The van der Waals surface area contributed by atoms with Gasteiger partial charge in [0.2, 0.25) is 5.91 Å². The smallest absolute Gasteiger partial charge is 0.223 e. The van der Waals surface area contributed by atoms with Crippen LogP contribution in [-0.4, -0.2) is 67.8 Å². The minimum Gasteiger partial charge on any atom is -0.343 e. The maximum atomic E-state index is 12.6. The summed E-state index contributed by atoms with van der Waals surface area (Å²) in [5.74, 6) is 0.169. The average molecular weight is 357 g/mol. The van der Waals surface area contributed by atoms with E-state index in [9.17, 15) is 9.59 Å². The molecule has 0 saturated carbocycles. The molecule has 0 aliphatic carbocycles. The van der Waals surface area contributed by atoms with Crippen molar-refractivity contribution in [3.63, 3.8) is 0 Å². The molecule has 5 nitrogen and oxygen atoms in total. The lowest BCUT2D eigenvalue weighted by molar-refractivity contribution is -0.132. The molecule has 2 aliphatic heterocycles. The number of Topliss-reactive ketones (excluding diaryl/α,β-unsaturated/α-hetero) is 1. The van der Waals surface area contributed by atoms with Crippen molar-refractivity contribution >= 4 is 11.7 Å². The van der Waals surface area contributed by atoms with Crippen molar-refractivity contribution in [3.05, 3.63) is 34.9 Å². The van der Waals surface area contributed by atoms with Crippen molar-refractivity contribution in [1.29, 1.82) is 0 Å². The molecule has 2 heterocycles. The van der Waals surface area contributed by atoms with E-state index in [0.29, 0.717) is 18.9 Å². The Labute approximate surface area is 156 Å². The van der Waals surface area contributed by atoms with Gasteiger partial charge in [-0.15, -0.1) is 0 Å². The molecule has 1 N–H and O–H groups in total. The fourth-order valence-corrected chi connectivity index (χ4v) is 3.97. The van der Waals surface area contributed by atoms with Crippen LogP contribution in [0.5, 0.6) is 0 Å². The predicted octanol–water partition coefficient (Wildman–Crippen LogP) is 1.89. The highest BCUT2D eigenvalue weighted by Gasteiger charge is 2.24. The van der Waals surface area contributed by atoms with Crippen molar-refractivity contribution in [3.8, 4) is 0 Å². The first kappa shape index (κ1) is 19.1. The molecule has 0 radical (unpaired) electrons. The average Bonchev–Trinajstić information content (AvgIpc) is 2.90. The van der Waals surface area contributed by atoms with Crippen LogP contribution in [0.15, 0.2) is 18.2 Å². The summed E-state index contributed by atoms with van der Waals surface area (Å²) in [6, 6.07) is 6.36. The number of hydrogen-bond donors (Lipinski definition) is 1. The number of carbonyl (C=O) groups is 2. The quantitative estimate of drug-likeness (QED) is 0.818. The maximum absolute atomic E-state index is 12.6. The maximum Gasteiger partial charge on any atom is 0.223 e. The number of piperidine rings is 1. The highest BCUT2D eigenvalue weighted by molar-refractivity contribution is 5.98. The first-order valence-corrected chi connectivity index (χ1v) is 9.84. The second kappa shape index (κ2) is 8.78. The van der Waals surface area contributed by atoms with Crippen molar-refractivity contribution in [2.45, 2.75) is 44.6 Å². The first-order valence-electron chi connectivity index (χ1n) is 9.84. The zero-order valence-electron chi connectivity index (χ0n) is 16.1. The molecule has 1 aromatic rings. The lowest BCUT2D eigenvalue weighted by Gasteiger charge is -2.35. The van der Waals surface area contributed by atoms with Crippen molar-refractivity contribution in [1.82, 2.24) is 15.1 Å². The number of fused-ring (bicyclic) bond motifs is 1. The molecule has 0 spiro atoms. The number of nitrogens with zero attached hydrogens (tertiary/aromatic N) is 2. The van der Waals surface area contributed by atoms with E-state index < -0.39 is 0 Å². The van der Waals surface area contributed by atoms with Crippen LogP contribution in [0, 0.1) is 0 Å². The fourth-order valence-electron chi connectivity index (χ4n) is 3.97. The molecule has 0 atom stereocenters. The molecule has 1 aromatic carbocycles. The molecule has 3 rings (SSSR count). The Morgan fingerprint density at radius 2 is 1.81 bits per heavy atom. The van der Waals surface area contributed by atoms with Crippen LogP contribution in [0.4, 0.5) is 0 Å². The summed E-state index contributed by atoms with van der Waals surface area (Å²) in [6.45, 7) is 4.03. The lowest BCUT2D eigenvalue weighted by atomic mass is 9.97. The second-order valence-electron chi connectivity index (χ2n) is 7.70. The van der Waals surface area contributed by atoms with Crippen molar-refractivity contribution in [2.24, 2.45) is 0 Å². The standard InChI is InChI=1S/C21H31N3O2/c1-23-13-9-19(10-14-23)24(2)21(26)6-5-20(25)18-4-3-16-7-11-22-12-8-17(16)15-18/h3-4,15,19,22H,5-14H2,1-2H3. The summed E-state index contributed by atoms with van der Waals surface area (Å²) in [4.78, 5) is 29.2. The summed E-state index contributed by atoms with van der Waals surface area (Å²) in [5.41, 5.74) is 3.36. The fraction of sp³-hybridized carbons (Fsp3) is 0.619. The van der Waals surface area contributed by atoms with Crippen molar-refractivity contribution in [2.75, 3.05) is 40.3 Å². The molecule has 1 saturated heterocycles. The third-order valence-electron chi connectivity index (χ3n) is 5.87. The second-order valence-corrected chi connectivity index (χ2v) is 7.70. The van der Waals surface area contributed by atoms with E-state index in [0.717, 1.165) is 57.4 Å². The van der Waals surface area contributed by atoms with Crippen LogP contribution in [0.3, 0.4) is 0 Å². The van der Waals surface area contributed by atoms with Crippen LogP contribution >= 0.6 is 0 Å². The Hall–Kier alpha value is -1.72. The van der Waals surface area contributed by atoms with Crippen molar-refractivity contribution < 1.29 is 9.59 Å². The highest BCUT2D eigenvalue weighted by atomic mass is 16.2. The van der Waals surface area contributed by atoms with Crippen LogP contribution in [0.1, 0.15) is 47.2 Å². The molecule has 142 valence electrons. The number of rotatable bonds is 5. The van der Waals surface area contributed by atoms with Crippen LogP contribution in [0.2, 0.25) is 0 Å². The number of ketones is 1. The summed E-state index contributed by atoms with van der Waals surface area (Å²) in [5, 5.41) is 3.39. The first-order chi connectivity index (χ1) is 12.5. The van der Waals surface area contributed by atoms with Crippen LogP contribution in [-0.2, 0) is 17.6 Å². The molecule has 1 fully saturated rings. The number of amides is 1. The van der Waals surface area contributed by atoms with Gasteiger partial charge in [-0.2, -0.15) is 0 Å². The molecular formula is C21H31N3O2. The zero-order chi connectivity index (χ0) is 18.5. The Bertz CT molecular complexity index is 651. The van der Waals surface area contributed by atoms with Gasteiger partial charge in [-0.3, -0.25) is 9.59 Å². The normalized spacial score (nSPS) is 18.8. The molecule has 0 unspecified atom stereocenters. The predicted molar refractivity (Wildman–Crippen MR) is 104 cm³/mol. The lowest BCUT2D eigenvalue weighted by Crippen LogP contribution is -2.44. The third-order valence-corrected chi connectivity index (χ3v) is 5.87. The van der Waals surface area contributed by atoms with Gasteiger partial charge in [0.15, 0.2) is 5.78 Å². The van der Waals surface area contributed by atoms with Crippen LogP contribution in [0.25, 0.3) is 0 Å². The Balaban J connectivity index is 1.53. The summed E-state index contributed by atoms with van der Waals surface area (Å²) in [7, 11) is 4.01. The minimum atomic E-state index is 0.0788. The highest BCUT2D eigenvalue weighted by Crippen LogP contribution is 2.18. The van der Waals surface area contributed by atoms with E-state index in [4.69, 9.17) is 0 Å². The molecule has 2 aliphatic rings. The monoisotopic (exact) mass is 357 g/mol. The van der Waals surface area contributed by atoms with E-state index >= 15 is 0 Å². The zero-order valence-corrected chi connectivity index (χ0v) is 16.1. The van der Waals surface area contributed by atoms with Gasteiger partial charge in [0.1, 0.15) is 0 Å². The van der Waals surface area contributed by atoms with Gasteiger partial charge in [0.05, 0.1) is 0 Å². The van der Waals surface area contributed by atoms with E-state index in [2.05, 4.69) is 23.3 Å². The van der Waals surface area contributed by atoms with Gasteiger partial charge >= 0.3 is 0 Å². The topological polar surface area (TPSA) is 52.7 Å². The SMILES string of the molecule is CN1CCC(N(C)C(=O)CCC(=O)c2ccc3c(c2)CCNCC3)CC1. The number of nitrogens with one attached hydrogen (secondary N) is 1. The number of likely N-dealkylation sites (tertiary alicyclic amines) is 1. The summed E-state index contributed by atoms with van der Waals surface area (Å²) < 4.78 is 0. The summed E-state index contributed by atoms with van der Waals surface area (Å²) in [6.07, 6.45) is 4.63. The summed E-state index contributed by atoms with van der Waals surface area (Å²) >= 11 is 0.